The number of amides is 2. The lowest BCUT2D eigenvalue weighted by molar-refractivity contribution is -0.150. The van der Waals surface area contributed by atoms with Gasteiger partial charge in [0.05, 0.1) is 0 Å². The van der Waals surface area contributed by atoms with Crippen LogP contribution in [-0.2, 0) is 19.2 Å². The molecule has 0 radical (unpaired) electrons. The van der Waals surface area contributed by atoms with Crippen molar-refractivity contribution in [2.45, 2.75) is 37.3 Å². The van der Waals surface area contributed by atoms with Crippen molar-refractivity contribution in [3.8, 4) is 0 Å². The Hall–Kier alpha value is -2.93. The number of allylic oxidation sites excluding steroid dienone is 1. The van der Waals surface area contributed by atoms with Gasteiger partial charge in [-0.3, -0.25) is 14.5 Å². The summed E-state index contributed by atoms with van der Waals surface area (Å²) in [5.41, 5.74) is 5.99. The molecule has 0 aromatic carbocycles. The monoisotopic (exact) mass is 450 g/mol. The van der Waals surface area contributed by atoms with Crippen molar-refractivity contribution in [1.29, 1.82) is 0 Å². The van der Waals surface area contributed by atoms with Crippen LogP contribution in [0, 0.1) is 0 Å². The van der Waals surface area contributed by atoms with Crippen molar-refractivity contribution >= 4 is 51.9 Å². The molecule has 11 nitrogen and oxygen atoms in total. The molecule has 2 unspecified atom stereocenters. The van der Waals surface area contributed by atoms with Gasteiger partial charge in [0.2, 0.25) is 11.5 Å². The van der Waals surface area contributed by atoms with Crippen molar-refractivity contribution in [2.75, 3.05) is 11.5 Å². The predicted octanol–water partition coefficient (Wildman–Crippen LogP) is 0.318. The summed E-state index contributed by atoms with van der Waals surface area (Å²) in [4.78, 5) is 47.6. The number of carboxylic acids is 1. The highest BCUT2D eigenvalue weighted by Crippen LogP contribution is 2.40. The third-order valence-corrected chi connectivity index (χ3v) is 6.73. The lowest BCUT2D eigenvalue weighted by Crippen LogP contribution is -2.71. The SMILES string of the molecule is CC1=C(C(=O)O)N2C(=O)C(NC(=O)C(=NOC3C=CCC3)c3nsc(N)n3)[C@H]2SC1. The summed E-state index contributed by atoms with van der Waals surface area (Å²) in [6, 6.07) is -0.891. The maximum absolute atomic E-state index is 12.9. The van der Waals surface area contributed by atoms with E-state index in [1.54, 1.807) is 6.92 Å². The first-order chi connectivity index (χ1) is 14.4. The Labute approximate surface area is 179 Å². The van der Waals surface area contributed by atoms with Gasteiger partial charge in [0.25, 0.3) is 11.8 Å². The number of nitrogen functional groups attached to an aromatic ring is 1. The molecule has 1 aliphatic carbocycles. The van der Waals surface area contributed by atoms with Gasteiger partial charge in [-0.1, -0.05) is 11.2 Å². The Morgan fingerprint density at radius 3 is 2.90 bits per heavy atom. The number of hydrogen-bond acceptors (Lipinski definition) is 10. The highest BCUT2D eigenvalue weighted by molar-refractivity contribution is 8.00. The van der Waals surface area contributed by atoms with E-state index in [0.717, 1.165) is 24.4 Å². The van der Waals surface area contributed by atoms with Crippen LogP contribution in [0.2, 0.25) is 0 Å². The van der Waals surface area contributed by atoms with E-state index >= 15 is 0 Å². The number of aromatic nitrogens is 2. The summed E-state index contributed by atoms with van der Waals surface area (Å²) in [6.45, 7) is 1.67. The van der Waals surface area contributed by atoms with Gasteiger partial charge in [0.1, 0.15) is 23.2 Å². The van der Waals surface area contributed by atoms with Crippen LogP contribution in [0.3, 0.4) is 0 Å². The van der Waals surface area contributed by atoms with Crippen molar-refractivity contribution in [3.05, 3.63) is 29.2 Å². The van der Waals surface area contributed by atoms with Gasteiger partial charge in [-0.25, -0.2) is 4.79 Å². The molecule has 30 heavy (non-hydrogen) atoms. The summed E-state index contributed by atoms with van der Waals surface area (Å²) in [5, 5.41) is 15.6. The largest absolute Gasteiger partial charge is 0.477 e. The summed E-state index contributed by atoms with van der Waals surface area (Å²) in [6.07, 6.45) is 5.13. The second-order valence-electron chi connectivity index (χ2n) is 6.84. The van der Waals surface area contributed by atoms with Crippen molar-refractivity contribution in [1.82, 2.24) is 19.6 Å². The number of carboxylic acid groups (broad SMARTS) is 1. The number of nitrogens with two attached hydrogens (primary N) is 1. The van der Waals surface area contributed by atoms with Crippen LogP contribution in [0.5, 0.6) is 0 Å². The maximum Gasteiger partial charge on any atom is 0.352 e. The molecule has 1 aromatic rings. The normalized spacial score (nSPS) is 25.8. The van der Waals surface area contributed by atoms with E-state index in [1.807, 2.05) is 12.2 Å². The number of anilines is 1. The molecule has 13 heteroatoms. The molecule has 2 amide bonds. The third-order valence-electron chi connectivity index (χ3n) is 4.76. The van der Waals surface area contributed by atoms with Gasteiger partial charge < -0.3 is 21.0 Å². The third kappa shape index (κ3) is 3.65. The number of carbonyl (C=O) groups excluding carboxylic acids is 2. The molecule has 2 aliphatic heterocycles. The number of β-lactam (4-membered cyclic amide) rings is 1. The zero-order valence-electron chi connectivity index (χ0n) is 15.8. The average molecular weight is 451 g/mol. The Kier molecular flexibility index (Phi) is 5.47. The summed E-state index contributed by atoms with van der Waals surface area (Å²) in [5.74, 6) is -1.92. The Bertz CT molecular complexity index is 1000. The van der Waals surface area contributed by atoms with Crippen LogP contribution >= 0.6 is 23.3 Å². The smallest absolute Gasteiger partial charge is 0.352 e. The number of hydrogen-bond donors (Lipinski definition) is 3. The minimum absolute atomic E-state index is 0.00105. The molecule has 4 N–H and O–H groups in total. The molecule has 3 aliphatic rings. The molecule has 4 rings (SSSR count). The Balaban J connectivity index is 1.52. The standard InChI is InChI=1S/C17H18N6O5S2/c1-7-6-29-15-10(14(25)23(15)11(7)16(26)27)19-13(24)9(12-20-17(18)30-22-12)21-28-8-4-2-3-5-8/h2,4,8,10,15H,3,5-6H2,1H3,(H,19,24)(H,26,27)(H2,18,20,22)/t8?,10?,15-/m1/s1. The first kappa shape index (κ1) is 20.3. The molecular formula is C17H18N6O5S2. The molecule has 158 valence electrons. The lowest BCUT2D eigenvalue weighted by Gasteiger charge is -2.49. The Morgan fingerprint density at radius 1 is 1.47 bits per heavy atom. The molecule has 0 spiro atoms. The topological polar surface area (TPSA) is 160 Å². The number of fused-ring (bicyclic) bond motifs is 1. The molecule has 3 heterocycles. The van der Waals surface area contributed by atoms with Crippen LogP contribution in [-0.4, -0.2) is 66.1 Å². The summed E-state index contributed by atoms with van der Waals surface area (Å²) in [7, 11) is 0. The van der Waals surface area contributed by atoms with Crippen LogP contribution in [0.15, 0.2) is 28.6 Å². The summed E-state index contributed by atoms with van der Waals surface area (Å²) < 4.78 is 4.01. The molecule has 0 saturated carbocycles. The van der Waals surface area contributed by atoms with Crippen molar-refractivity contribution in [3.63, 3.8) is 0 Å². The van der Waals surface area contributed by atoms with Gasteiger partial charge in [-0.2, -0.15) is 9.36 Å². The second-order valence-corrected chi connectivity index (χ2v) is 8.73. The zero-order chi connectivity index (χ0) is 21.4. The number of thioether (sulfide) groups is 1. The fraction of sp³-hybridized carbons (Fsp3) is 0.412. The number of oxime groups is 1. The molecule has 3 atom stereocenters. The highest BCUT2D eigenvalue weighted by atomic mass is 32.2. The van der Waals surface area contributed by atoms with Gasteiger partial charge in [0, 0.05) is 17.3 Å². The number of aliphatic carboxylic acids is 1. The lowest BCUT2D eigenvalue weighted by atomic mass is 10.0. The number of nitrogens with one attached hydrogen (secondary N) is 1. The van der Waals surface area contributed by atoms with E-state index in [1.165, 1.54) is 16.7 Å². The van der Waals surface area contributed by atoms with E-state index in [0.29, 0.717) is 11.3 Å². The van der Waals surface area contributed by atoms with Crippen LogP contribution in [0.1, 0.15) is 25.6 Å². The fourth-order valence-corrected chi connectivity index (χ4v) is 5.04. The minimum Gasteiger partial charge on any atom is -0.477 e. The minimum atomic E-state index is -1.17. The van der Waals surface area contributed by atoms with Crippen LogP contribution in [0.4, 0.5) is 5.13 Å². The molecule has 1 saturated heterocycles. The van der Waals surface area contributed by atoms with Gasteiger partial charge >= 0.3 is 5.97 Å². The first-order valence-electron chi connectivity index (χ1n) is 9.05. The van der Waals surface area contributed by atoms with Crippen molar-refractivity contribution < 1.29 is 24.3 Å². The predicted molar refractivity (Wildman–Crippen MR) is 109 cm³/mol. The van der Waals surface area contributed by atoms with Crippen LogP contribution < -0.4 is 11.1 Å². The fourth-order valence-electron chi connectivity index (χ4n) is 3.31. The van der Waals surface area contributed by atoms with Gasteiger partial charge in [-0.05, 0) is 31.4 Å². The highest BCUT2D eigenvalue weighted by Gasteiger charge is 2.54. The Morgan fingerprint density at radius 2 is 2.27 bits per heavy atom. The van der Waals surface area contributed by atoms with E-state index < -0.39 is 29.2 Å². The molecular weight excluding hydrogens is 432 g/mol. The molecule has 1 aromatic heterocycles. The summed E-state index contributed by atoms with van der Waals surface area (Å²) >= 11 is 2.29. The van der Waals surface area contributed by atoms with E-state index in [4.69, 9.17) is 10.6 Å². The second kappa shape index (κ2) is 8.07. The number of carbonyl (C=O) groups is 3. The molecule has 0 bridgehead atoms. The van der Waals surface area contributed by atoms with Gasteiger partial charge in [0.15, 0.2) is 5.13 Å². The molecule has 1 fully saturated rings. The van der Waals surface area contributed by atoms with Crippen molar-refractivity contribution in [2.24, 2.45) is 5.16 Å². The maximum atomic E-state index is 12.9. The van der Waals surface area contributed by atoms with E-state index in [2.05, 4.69) is 19.8 Å². The number of rotatable bonds is 6. The van der Waals surface area contributed by atoms with E-state index in [-0.39, 0.29) is 28.5 Å². The van der Waals surface area contributed by atoms with Gasteiger partial charge in [-0.15, -0.1) is 11.8 Å². The quantitative estimate of drug-likeness (QED) is 0.240. The van der Waals surface area contributed by atoms with E-state index in [9.17, 15) is 19.5 Å². The first-order valence-corrected chi connectivity index (χ1v) is 10.9. The van der Waals surface area contributed by atoms with Crippen LogP contribution in [0.25, 0.3) is 0 Å². The number of nitrogens with zero attached hydrogens (tertiary/aromatic N) is 4. The zero-order valence-corrected chi connectivity index (χ0v) is 17.4. The average Bonchev–Trinajstić information content (AvgIpc) is 3.37.